The number of benzene rings is 1. The lowest BCUT2D eigenvalue weighted by Gasteiger charge is -2.03. The highest BCUT2D eigenvalue weighted by Crippen LogP contribution is 2.31. The summed E-state index contributed by atoms with van der Waals surface area (Å²) >= 11 is 0. The molecule has 0 amide bonds. The van der Waals surface area contributed by atoms with E-state index in [4.69, 9.17) is 0 Å². The van der Waals surface area contributed by atoms with Crippen molar-refractivity contribution < 1.29 is 9.90 Å². The second-order valence-electron chi connectivity index (χ2n) is 4.57. The Morgan fingerprint density at radius 1 is 1.20 bits per heavy atom. The molecule has 5 heteroatoms. The number of pyridine rings is 1. The number of nitrogens with one attached hydrogen (secondary N) is 1. The fourth-order valence-corrected chi connectivity index (χ4v) is 2.47. The van der Waals surface area contributed by atoms with Crippen molar-refractivity contribution in [2.24, 2.45) is 7.05 Å². The molecular formula is C15H12N2O3. The van der Waals surface area contributed by atoms with Crippen LogP contribution in [0.3, 0.4) is 0 Å². The fourth-order valence-electron chi connectivity index (χ4n) is 2.47. The summed E-state index contributed by atoms with van der Waals surface area (Å²) in [6.07, 6.45) is 3.30. The largest absolute Gasteiger partial charge is 0.477 e. The molecule has 0 aliphatic rings. The Balaban J connectivity index is 2.41. The van der Waals surface area contributed by atoms with Crippen LogP contribution in [0.5, 0.6) is 0 Å². The second-order valence-corrected chi connectivity index (χ2v) is 4.57. The Morgan fingerprint density at radius 2 is 1.95 bits per heavy atom. The number of aromatic amines is 1. The first kappa shape index (κ1) is 12.2. The molecule has 3 rings (SSSR count). The smallest absolute Gasteiger partial charge is 0.341 e. The Kier molecular flexibility index (Phi) is 2.68. The SMILES string of the molecule is Cn1cc(-c2cc[nH]c(=O)c2C(=O)O)c2ccccc21. The normalized spacial score (nSPS) is 10.8. The molecule has 0 radical (unpaired) electrons. The minimum Gasteiger partial charge on any atom is -0.477 e. The zero-order valence-corrected chi connectivity index (χ0v) is 10.8. The van der Waals surface area contributed by atoms with E-state index in [0.29, 0.717) is 5.56 Å². The van der Waals surface area contributed by atoms with E-state index >= 15 is 0 Å². The third-order valence-electron chi connectivity index (χ3n) is 3.36. The molecule has 20 heavy (non-hydrogen) atoms. The zero-order chi connectivity index (χ0) is 14.3. The number of aromatic carboxylic acids is 1. The highest BCUT2D eigenvalue weighted by Gasteiger charge is 2.18. The molecule has 2 heterocycles. The number of carbonyl (C=O) groups is 1. The van der Waals surface area contributed by atoms with Crippen LogP contribution in [0, 0.1) is 0 Å². The van der Waals surface area contributed by atoms with Gasteiger partial charge in [0.25, 0.3) is 5.56 Å². The monoisotopic (exact) mass is 268 g/mol. The Hall–Kier alpha value is -2.82. The third-order valence-corrected chi connectivity index (χ3v) is 3.36. The molecule has 3 aromatic rings. The van der Waals surface area contributed by atoms with Gasteiger partial charge >= 0.3 is 5.97 Å². The summed E-state index contributed by atoms with van der Waals surface area (Å²) in [5.41, 5.74) is 1.33. The van der Waals surface area contributed by atoms with Crippen LogP contribution in [0.15, 0.2) is 47.5 Å². The van der Waals surface area contributed by atoms with Gasteiger partial charge in [0.15, 0.2) is 0 Å². The molecule has 0 bridgehead atoms. The van der Waals surface area contributed by atoms with Gasteiger partial charge in [-0.1, -0.05) is 18.2 Å². The van der Waals surface area contributed by atoms with Crippen LogP contribution in [0.2, 0.25) is 0 Å². The molecule has 100 valence electrons. The van der Waals surface area contributed by atoms with Crippen molar-refractivity contribution in [3.8, 4) is 11.1 Å². The van der Waals surface area contributed by atoms with E-state index in [0.717, 1.165) is 16.5 Å². The van der Waals surface area contributed by atoms with Gasteiger partial charge in [0, 0.05) is 41.5 Å². The average molecular weight is 268 g/mol. The number of fused-ring (bicyclic) bond motifs is 1. The highest BCUT2D eigenvalue weighted by atomic mass is 16.4. The molecule has 0 spiro atoms. The Bertz CT molecular complexity index is 874. The van der Waals surface area contributed by atoms with E-state index in [1.807, 2.05) is 42.1 Å². The predicted molar refractivity (Wildman–Crippen MR) is 75.9 cm³/mol. The quantitative estimate of drug-likeness (QED) is 0.748. The van der Waals surface area contributed by atoms with E-state index < -0.39 is 11.5 Å². The van der Waals surface area contributed by atoms with Crippen molar-refractivity contribution in [1.82, 2.24) is 9.55 Å². The summed E-state index contributed by atoms with van der Waals surface area (Å²) in [5, 5.41) is 10.2. The number of aromatic nitrogens is 2. The van der Waals surface area contributed by atoms with Gasteiger partial charge in [0.05, 0.1) is 0 Å². The third kappa shape index (κ3) is 1.72. The van der Waals surface area contributed by atoms with Crippen LogP contribution in [0.25, 0.3) is 22.0 Å². The molecule has 0 unspecified atom stereocenters. The molecule has 0 saturated carbocycles. The summed E-state index contributed by atoms with van der Waals surface area (Å²) in [4.78, 5) is 25.5. The molecule has 0 aliphatic heterocycles. The molecule has 1 aromatic carbocycles. The van der Waals surface area contributed by atoms with Gasteiger partial charge in [-0.2, -0.15) is 0 Å². The van der Waals surface area contributed by atoms with Gasteiger partial charge in [-0.15, -0.1) is 0 Å². The number of para-hydroxylation sites is 1. The minimum atomic E-state index is -1.23. The number of nitrogens with zero attached hydrogens (tertiary/aromatic N) is 1. The minimum absolute atomic E-state index is 0.233. The van der Waals surface area contributed by atoms with Gasteiger partial charge in [-0.05, 0) is 12.1 Å². The van der Waals surface area contributed by atoms with Crippen LogP contribution in [-0.4, -0.2) is 20.6 Å². The first-order valence-corrected chi connectivity index (χ1v) is 6.09. The van der Waals surface area contributed by atoms with Crippen LogP contribution in [0.1, 0.15) is 10.4 Å². The van der Waals surface area contributed by atoms with Gasteiger partial charge in [-0.3, -0.25) is 4.79 Å². The van der Waals surface area contributed by atoms with E-state index in [1.54, 1.807) is 6.07 Å². The van der Waals surface area contributed by atoms with Crippen molar-refractivity contribution in [3.05, 3.63) is 58.6 Å². The first-order chi connectivity index (χ1) is 9.59. The highest BCUT2D eigenvalue weighted by molar-refractivity contribution is 6.03. The van der Waals surface area contributed by atoms with Crippen molar-refractivity contribution in [1.29, 1.82) is 0 Å². The van der Waals surface area contributed by atoms with Crippen LogP contribution in [0.4, 0.5) is 0 Å². The summed E-state index contributed by atoms with van der Waals surface area (Å²) in [7, 11) is 1.89. The zero-order valence-electron chi connectivity index (χ0n) is 10.8. The van der Waals surface area contributed by atoms with E-state index in [9.17, 15) is 14.7 Å². The molecule has 0 fully saturated rings. The maximum absolute atomic E-state index is 11.8. The Morgan fingerprint density at radius 3 is 2.70 bits per heavy atom. The van der Waals surface area contributed by atoms with E-state index in [2.05, 4.69) is 4.98 Å². The molecule has 0 saturated heterocycles. The van der Waals surface area contributed by atoms with Gasteiger partial charge < -0.3 is 14.7 Å². The number of rotatable bonds is 2. The van der Waals surface area contributed by atoms with Crippen LogP contribution >= 0.6 is 0 Å². The van der Waals surface area contributed by atoms with Gasteiger partial charge in [-0.25, -0.2) is 4.79 Å². The van der Waals surface area contributed by atoms with Crippen molar-refractivity contribution >= 4 is 16.9 Å². The lowest BCUT2D eigenvalue weighted by molar-refractivity contribution is 0.0696. The van der Waals surface area contributed by atoms with Crippen molar-refractivity contribution in [2.45, 2.75) is 0 Å². The number of aryl methyl sites for hydroxylation is 1. The second kappa shape index (κ2) is 4.38. The molecular weight excluding hydrogens is 256 g/mol. The topological polar surface area (TPSA) is 75.1 Å². The number of carboxylic acid groups (broad SMARTS) is 1. The van der Waals surface area contributed by atoms with E-state index in [-0.39, 0.29) is 5.56 Å². The summed E-state index contributed by atoms with van der Waals surface area (Å²) in [5.74, 6) is -1.23. The van der Waals surface area contributed by atoms with Crippen molar-refractivity contribution in [3.63, 3.8) is 0 Å². The number of H-pyrrole nitrogens is 1. The fraction of sp³-hybridized carbons (Fsp3) is 0.0667. The molecule has 0 aliphatic carbocycles. The summed E-state index contributed by atoms with van der Waals surface area (Å²) in [6, 6.07) is 9.29. The lowest BCUT2D eigenvalue weighted by Crippen LogP contribution is -2.18. The average Bonchev–Trinajstić information content (AvgIpc) is 2.76. The number of hydrogen-bond acceptors (Lipinski definition) is 2. The molecule has 0 atom stereocenters. The van der Waals surface area contributed by atoms with Gasteiger partial charge in [0.2, 0.25) is 0 Å². The number of carboxylic acids is 1. The molecule has 5 nitrogen and oxygen atoms in total. The van der Waals surface area contributed by atoms with Crippen LogP contribution < -0.4 is 5.56 Å². The maximum atomic E-state index is 11.8. The standard InChI is InChI=1S/C15H12N2O3/c1-17-8-11(9-4-2-3-5-12(9)17)10-6-7-16-14(18)13(10)15(19)20/h2-8H,1H3,(H,16,18)(H,19,20). The van der Waals surface area contributed by atoms with Gasteiger partial charge in [0.1, 0.15) is 5.56 Å². The number of hydrogen-bond donors (Lipinski definition) is 2. The van der Waals surface area contributed by atoms with Crippen molar-refractivity contribution in [2.75, 3.05) is 0 Å². The molecule has 2 N–H and O–H groups in total. The lowest BCUT2D eigenvalue weighted by atomic mass is 10.0. The molecule has 2 aromatic heterocycles. The predicted octanol–water partition coefficient (Wildman–Crippen LogP) is 2.23. The maximum Gasteiger partial charge on any atom is 0.341 e. The summed E-state index contributed by atoms with van der Waals surface area (Å²) in [6.45, 7) is 0. The van der Waals surface area contributed by atoms with E-state index in [1.165, 1.54) is 6.20 Å². The van der Waals surface area contributed by atoms with Crippen LogP contribution in [-0.2, 0) is 7.05 Å². The first-order valence-electron chi connectivity index (χ1n) is 6.09. The Labute approximate surface area is 114 Å². The summed E-state index contributed by atoms with van der Waals surface area (Å²) < 4.78 is 1.91.